The number of thioether (sulfide) groups is 1. The SMILES string of the molecule is CCOC(=S)S[C@@H](C)CCC#N. The second-order valence-corrected chi connectivity index (χ2v) is 4.35. The van der Waals surface area contributed by atoms with Crippen molar-refractivity contribution in [2.75, 3.05) is 6.61 Å². The molecule has 0 aliphatic rings. The Bertz CT molecular complexity index is 176. The first-order valence-corrected chi connectivity index (χ1v) is 5.19. The van der Waals surface area contributed by atoms with Crippen molar-refractivity contribution >= 4 is 28.4 Å². The van der Waals surface area contributed by atoms with Crippen LogP contribution in [0.15, 0.2) is 0 Å². The zero-order valence-electron chi connectivity index (χ0n) is 7.37. The third-order valence-corrected chi connectivity index (χ3v) is 2.58. The van der Waals surface area contributed by atoms with Crippen LogP contribution in [0.1, 0.15) is 26.7 Å². The van der Waals surface area contributed by atoms with Crippen molar-refractivity contribution in [1.82, 2.24) is 0 Å². The lowest BCUT2D eigenvalue weighted by atomic mass is 10.3. The Labute approximate surface area is 83.3 Å². The van der Waals surface area contributed by atoms with Gasteiger partial charge in [-0.05, 0) is 25.6 Å². The fraction of sp³-hybridized carbons (Fsp3) is 0.750. The minimum atomic E-state index is 0.378. The van der Waals surface area contributed by atoms with Crippen molar-refractivity contribution in [2.24, 2.45) is 0 Å². The van der Waals surface area contributed by atoms with Gasteiger partial charge in [0.1, 0.15) is 0 Å². The fourth-order valence-electron chi connectivity index (χ4n) is 0.643. The molecule has 0 aromatic heterocycles. The Morgan fingerprint density at radius 1 is 1.75 bits per heavy atom. The smallest absolute Gasteiger partial charge is 0.220 e. The van der Waals surface area contributed by atoms with Crippen molar-refractivity contribution in [3.63, 3.8) is 0 Å². The quantitative estimate of drug-likeness (QED) is 0.658. The van der Waals surface area contributed by atoms with E-state index in [1.54, 1.807) is 0 Å². The zero-order chi connectivity index (χ0) is 9.40. The van der Waals surface area contributed by atoms with E-state index in [4.69, 9.17) is 22.2 Å². The molecule has 0 aromatic rings. The molecule has 0 saturated heterocycles. The molecule has 12 heavy (non-hydrogen) atoms. The third-order valence-electron chi connectivity index (χ3n) is 1.22. The van der Waals surface area contributed by atoms with Gasteiger partial charge in [0.05, 0.1) is 12.7 Å². The summed E-state index contributed by atoms with van der Waals surface area (Å²) in [5, 5.41) is 8.71. The van der Waals surface area contributed by atoms with Crippen LogP contribution < -0.4 is 0 Å². The van der Waals surface area contributed by atoms with E-state index in [0.29, 0.717) is 22.7 Å². The number of nitriles is 1. The van der Waals surface area contributed by atoms with Gasteiger partial charge in [0, 0.05) is 11.7 Å². The highest BCUT2D eigenvalue weighted by atomic mass is 32.2. The summed E-state index contributed by atoms with van der Waals surface area (Å²) in [7, 11) is 0. The monoisotopic (exact) mass is 203 g/mol. The summed E-state index contributed by atoms with van der Waals surface area (Å²) in [4.78, 5) is 0. The maximum atomic E-state index is 8.33. The lowest BCUT2D eigenvalue weighted by molar-refractivity contribution is 0.346. The average molecular weight is 203 g/mol. The maximum Gasteiger partial charge on any atom is 0.220 e. The molecule has 0 aliphatic heterocycles. The Hall–Kier alpha value is -0.270. The van der Waals surface area contributed by atoms with Crippen molar-refractivity contribution in [1.29, 1.82) is 5.26 Å². The number of hydrogen-bond acceptors (Lipinski definition) is 4. The van der Waals surface area contributed by atoms with E-state index in [1.807, 2.05) is 13.8 Å². The predicted molar refractivity (Wildman–Crippen MR) is 56.1 cm³/mol. The van der Waals surface area contributed by atoms with E-state index in [9.17, 15) is 0 Å². The Balaban J connectivity index is 3.48. The van der Waals surface area contributed by atoms with Crippen LogP contribution in [0.2, 0.25) is 0 Å². The van der Waals surface area contributed by atoms with Gasteiger partial charge < -0.3 is 4.74 Å². The van der Waals surface area contributed by atoms with Crippen LogP contribution in [0.4, 0.5) is 0 Å². The largest absolute Gasteiger partial charge is 0.479 e. The molecule has 0 aromatic carbocycles. The second kappa shape index (κ2) is 7.38. The first kappa shape index (κ1) is 11.7. The van der Waals surface area contributed by atoms with E-state index < -0.39 is 0 Å². The molecule has 0 fully saturated rings. The van der Waals surface area contributed by atoms with Gasteiger partial charge in [-0.3, -0.25) is 0 Å². The second-order valence-electron chi connectivity index (χ2n) is 2.31. The molecule has 2 nitrogen and oxygen atoms in total. The summed E-state index contributed by atoms with van der Waals surface area (Å²) in [5.74, 6) is 0. The number of thiocarbonyl (C=S) groups is 1. The number of rotatable bonds is 4. The highest BCUT2D eigenvalue weighted by Crippen LogP contribution is 2.17. The topological polar surface area (TPSA) is 33.0 Å². The van der Waals surface area contributed by atoms with E-state index >= 15 is 0 Å². The first-order valence-electron chi connectivity index (χ1n) is 3.91. The lowest BCUT2D eigenvalue weighted by Crippen LogP contribution is -2.03. The summed E-state index contributed by atoms with van der Waals surface area (Å²) in [5.41, 5.74) is 0. The highest BCUT2D eigenvalue weighted by Gasteiger charge is 2.06. The summed E-state index contributed by atoms with van der Waals surface area (Å²) < 4.78 is 5.69. The van der Waals surface area contributed by atoms with E-state index in [-0.39, 0.29) is 0 Å². The number of nitrogens with zero attached hydrogens (tertiary/aromatic N) is 1. The van der Waals surface area contributed by atoms with Crippen LogP contribution in [-0.2, 0) is 4.74 Å². The van der Waals surface area contributed by atoms with E-state index in [1.165, 1.54) is 11.8 Å². The normalized spacial score (nSPS) is 11.8. The summed E-state index contributed by atoms with van der Waals surface area (Å²) in [6, 6.07) is 2.11. The summed E-state index contributed by atoms with van der Waals surface area (Å²) in [6.45, 7) is 4.58. The summed E-state index contributed by atoms with van der Waals surface area (Å²) in [6.07, 6.45) is 1.46. The van der Waals surface area contributed by atoms with Crippen LogP contribution in [0.25, 0.3) is 0 Å². The van der Waals surface area contributed by atoms with Gasteiger partial charge in [-0.15, -0.1) is 0 Å². The Morgan fingerprint density at radius 3 is 2.92 bits per heavy atom. The fourth-order valence-corrected chi connectivity index (χ4v) is 2.00. The molecule has 1 atom stereocenters. The van der Waals surface area contributed by atoms with Crippen molar-refractivity contribution in [2.45, 2.75) is 31.9 Å². The predicted octanol–water partition coefficient (Wildman–Crippen LogP) is 2.73. The molecule has 0 unspecified atom stereocenters. The zero-order valence-corrected chi connectivity index (χ0v) is 9.00. The van der Waals surface area contributed by atoms with Crippen LogP contribution in [0.3, 0.4) is 0 Å². The first-order chi connectivity index (χ1) is 5.70. The number of hydrogen-bond donors (Lipinski definition) is 0. The highest BCUT2D eigenvalue weighted by molar-refractivity contribution is 8.23. The molecule has 68 valence electrons. The maximum absolute atomic E-state index is 8.33. The van der Waals surface area contributed by atoms with Gasteiger partial charge in [-0.2, -0.15) is 5.26 Å². The number of ether oxygens (including phenoxy) is 1. The summed E-state index contributed by atoms with van der Waals surface area (Å²) >= 11 is 6.46. The molecule has 0 amide bonds. The van der Waals surface area contributed by atoms with Crippen LogP contribution in [-0.4, -0.2) is 16.2 Å². The molecular formula is C8H13NOS2. The molecule has 4 heteroatoms. The molecule has 0 spiro atoms. The molecule has 0 heterocycles. The van der Waals surface area contributed by atoms with Crippen molar-refractivity contribution < 1.29 is 4.74 Å². The van der Waals surface area contributed by atoms with Crippen LogP contribution in [0.5, 0.6) is 0 Å². The molecule has 0 rings (SSSR count). The minimum Gasteiger partial charge on any atom is -0.479 e. The van der Waals surface area contributed by atoms with Gasteiger partial charge in [0.15, 0.2) is 0 Å². The molecular weight excluding hydrogens is 190 g/mol. The Morgan fingerprint density at radius 2 is 2.42 bits per heavy atom. The molecule has 0 radical (unpaired) electrons. The molecule has 0 saturated carbocycles. The van der Waals surface area contributed by atoms with Crippen LogP contribution >= 0.6 is 24.0 Å². The van der Waals surface area contributed by atoms with Crippen molar-refractivity contribution in [3.05, 3.63) is 0 Å². The average Bonchev–Trinajstić information content (AvgIpc) is 2.01. The minimum absolute atomic E-state index is 0.378. The lowest BCUT2D eigenvalue weighted by Gasteiger charge is -2.09. The molecule has 0 N–H and O–H groups in total. The van der Waals surface area contributed by atoms with Gasteiger partial charge in [-0.1, -0.05) is 18.7 Å². The van der Waals surface area contributed by atoms with Crippen LogP contribution in [0, 0.1) is 11.3 Å². The third kappa shape index (κ3) is 6.44. The van der Waals surface area contributed by atoms with E-state index in [0.717, 1.165) is 6.42 Å². The van der Waals surface area contributed by atoms with Gasteiger partial charge in [0.2, 0.25) is 4.38 Å². The van der Waals surface area contributed by atoms with Gasteiger partial charge >= 0.3 is 0 Å². The van der Waals surface area contributed by atoms with Gasteiger partial charge in [-0.25, -0.2) is 0 Å². The van der Waals surface area contributed by atoms with Crippen molar-refractivity contribution in [3.8, 4) is 6.07 Å². The van der Waals surface area contributed by atoms with Gasteiger partial charge in [0.25, 0.3) is 0 Å². The standard InChI is InChI=1S/C8H13NOS2/c1-3-10-8(11)12-7(2)5-4-6-9/h7H,3-5H2,1-2H3/t7-/m0/s1. The van der Waals surface area contributed by atoms with E-state index in [2.05, 4.69) is 6.07 Å². The molecule has 0 bridgehead atoms. The Kier molecular flexibility index (Phi) is 7.22. The molecule has 0 aliphatic carbocycles.